The van der Waals surface area contributed by atoms with E-state index in [1.807, 2.05) is 0 Å². The molecule has 8 nitrogen and oxygen atoms in total. The van der Waals surface area contributed by atoms with E-state index in [9.17, 15) is 0 Å². The number of hydrogen-bond acceptors (Lipinski definition) is 8. The van der Waals surface area contributed by atoms with Gasteiger partial charge in [-0.2, -0.15) is 0 Å². The summed E-state index contributed by atoms with van der Waals surface area (Å²) < 4.78 is 71.4. The van der Waals surface area contributed by atoms with Crippen molar-refractivity contribution in [3.05, 3.63) is 287 Å². The second kappa shape index (κ2) is 25.5. The maximum absolute atomic E-state index is 8.95. The first kappa shape index (κ1) is 58.2. The van der Waals surface area contributed by atoms with Crippen molar-refractivity contribution < 1.29 is 32.9 Å². The number of hydrogen-bond donors (Lipinski definition) is 0. The summed E-state index contributed by atoms with van der Waals surface area (Å²) in [4.78, 5) is 0. The van der Waals surface area contributed by atoms with Gasteiger partial charge in [-0.1, -0.05) is 243 Å². The molecule has 0 N–H and O–H groups in total. The molecule has 6 aliphatic rings. The zero-order valence-electron chi connectivity index (χ0n) is 48.5. The van der Waals surface area contributed by atoms with Gasteiger partial charge in [-0.3, -0.25) is 0 Å². The number of benzene rings is 8. The molecule has 6 heterocycles. The zero-order chi connectivity index (χ0) is 56.7. The minimum Gasteiger partial charge on any atom is -0.415 e. The second-order valence-corrected chi connectivity index (χ2v) is 55.5. The molecule has 84 heavy (non-hydrogen) atoms. The van der Waals surface area contributed by atoms with Crippen molar-refractivity contribution in [3.8, 4) is 0 Å². The summed E-state index contributed by atoms with van der Waals surface area (Å²) in [7, 11) is -28.4. The minimum atomic E-state index is -3.55. The van der Waals surface area contributed by atoms with Crippen molar-refractivity contribution in [2.45, 2.75) is 122 Å². The van der Waals surface area contributed by atoms with Gasteiger partial charge in [-0.05, 0) is 144 Å². The highest BCUT2D eigenvalue weighted by molar-refractivity contribution is 7.13. The average molecular weight is 1250 g/mol. The Labute approximate surface area is 507 Å². The van der Waals surface area contributed by atoms with Gasteiger partial charge < -0.3 is 32.9 Å². The van der Waals surface area contributed by atoms with Crippen LogP contribution in [0.15, 0.2) is 243 Å². The Morgan fingerprint density at radius 3 is 0.381 bits per heavy atom. The van der Waals surface area contributed by atoms with Crippen molar-refractivity contribution in [1.29, 1.82) is 0 Å². The summed E-state index contributed by atoms with van der Waals surface area (Å²) in [6.07, 6.45) is 6.51. The van der Waals surface area contributed by atoms with E-state index in [-0.39, 0.29) is 0 Å². The molecule has 8 aromatic carbocycles. The first-order valence-corrected chi connectivity index (χ1v) is 48.9. The van der Waals surface area contributed by atoms with Crippen LogP contribution in [-0.4, -0.2) is 68.5 Å². The topological polar surface area (TPSA) is 73.8 Å². The molecule has 0 saturated carbocycles. The van der Waals surface area contributed by atoms with E-state index in [0.29, 0.717) is 22.7 Å². The summed E-state index contributed by atoms with van der Waals surface area (Å²) in [5, 5.41) is 0. The van der Waals surface area contributed by atoms with Gasteiger partial charge >= 0.3 is 68.5 Å². The summed E-state index contributed by atoms with van der Waals surface area (Å²) >= 11 is 0. The van der Waals surface area contributed by atoms with Gasteiger partial charge in [0.15, 0.2) is 0 Å². The van der Waals surface area contributed by atoms with Crippen molar-refractivity contribution in [2.24, 2.45) is 0 Å². The van der Waals surface area contributed by atoms with E-state index in [1.165, 1.54) is 44.5 Å². The minimum absolute atomic E-state index is 0.661. The molecule has 0 atom stereocenters. The summed E-state index contributed by atoms with van der Waals surface area (Å²) in [5.41, 5.74) is 12.9. The van der Waals surface area contributed by atoms with Crippen LogP contribution in [0, 0.1) is 0 Å². The van der Waals surface area contributed by atoms with Crippen LogP contribution in [0.1, 0.15) is 44.5 Å². The van der Waals surface area contributed by atoms with E-state index < -0.39 is 68.5 Å². The molecule has 0 spiro atoms. The molecule has 432 valence electrons. The Kier molecular flexibility index (Phi) is 17.7. The van der Waals surface area contributed by atoms with Crippen molar-refractivity contribution in [1.82, 2.24) is 0 Å². The zero-order valence-corrected chi connectivity index (χ0v) is 56.5. The molecule has 0 aliphatic carbocycles. The maximum atomic E-state index is 8.95. The Morgan fingerprint density at radius 1 is 0.167 bits per heavy atom. The van der Waals surface area contributed by atoms with Crippen LogP contribution in [0.4, 0.5) is 0 Å². The van der Waals surface area contributed by atoms with Gasteiger partial charge in [0, 0.05) is 22.7 Å². The summed E-state index contributed by atoms with van der Waals surface area (Å²) in [6, 6.07) is 94.4. The number of rotatable bonds is 24. The van der Waals surface area contributed by atoms with Crippen LogP contribution in [0.2, 0.25) is 71.0 Å². The van der Waals surface area contributed by atoms with Crippen molar-refractivity contribution >= 4 is 68.5 Å². The van der Waals surface area contributed by atoms with Crippen molar-refractivity contribution in [2.75, 3.05) is 0 Å². The molecule has 14 rings (SSSR count). The lowest BCUT2D eigenvalue weighted by Gasteiger charge is -2.66. The third kappa shape index (κ3) is 13.9. The summed E-state index contributed by atoms with van der Waals surface area (Å²) in [5.74, 6) is 0. The predicted octanol–water partition coefficient (Wildman–Crippen LogP) is 15.8. The standard InChI is InChI=1S/C68H80O8Si8/c1-9-25-61(26-10-1)41-49-77-57-78(50-42-62-27-11-2-12-28-62)70-81(53-45-65-33-17-5-18-34-65)58-79(69-77,51-43-63-29-13-3-14-30-63)75-82(54-46-66-35-19-6-20-36-66)59-80(73-77,52-44-64-31-15-4-16-32-64)71-83(74-78,55-47-67-37-21-7-22-38-67)60-84(72-82,76-81)56-48-68-39-23-8-24-40-68/h1-40H,41-60H2. The van der Waals surface area contributed by atoms with Crippen LogP contribution in [-0.2, 0) is 84.3 Å². The Morgan fingerprint density at radius 2 is 0.274 bits per heavy atom. The monoisotopic (exact) mass is 1250 g/mol. The lowest BCUT2D eigenvalue weighted by Crippen LogP contribution is -2.85. The lowest BCUT2D eigenvalue weighted by molar-refractivity contribution is 0.163. The van der Waals surface area contributed by atoms with Crippen LogP contribution in [0.25, 0.3) is 0 Å². The van der Waals surface area contributed by atoms with Crippen LogP contribution >= 0.6 is 0 Å². The van der Waals surface area contributed by atoms with Gasteiger partial charge in [0.25, 0.3) is 0 Å². The largest absolute Gasteiger partial charge is 0.415 e. The molecule has 6 saturated heterocycles. The fourth-order valence-electron chi connectivity index (χ4n) is 14.5. The molecule has 0 amide bonds. The molecule has 0 radical (unpaired) electrons. The summed E-state index contributed by atoms with van der Waals surface area (Å²) in [6.45, 7) is 0. The molecule has 16 heteroatoms. The third-order valence-corrected chi connectivity index (χ3v) is 67.4. The molecular formula is C68H80O8Si8. The highest BCUT2D eigenvalue weighted by atomic mass is 28.6. The van der Waals surface area contributed by atoms with Gasteiger partial charge in [0.2, 0.25) is 0 Å². The maximum Gasteiger partial charge on any atom is 0.322 e. The average Bonchev–Trinajstić information content (AvgIpc) is 0.731. The molecule has 8 aromatic rings. The molecule has 6 fully saturated rings. The lowest BCUT2D eigenvalue weighted by atomic mass is 10.2. The van der Waals surface area contributed by atoms with Crippen LogP contribution < -0.4 is 0 Å². The van der Waals surface area contributed by atoms with E-state index in [2.05, 4.69) is 243 Å². The van der Waals surface area contributed by atoms with Crippen LogP contribution in [0.3, 0.4) is 0 Å². The SMILES string of the molecule is c1ccc(CC[Si]23C[Si]4(CCc5ccccc5)O[Si]5(CCc6ccccc6)C[Si]6(CCc7ccccc7)O[Si](CCc7ccccc7)(C[Si](CCc7ccccc7)(O2)O5)O[Si](CCc2ccccc2)(C[Si](CCc2ccccc2)(O4)O6)O3)cc1. The Bertz CT molecular complexity index is 2620. The quantitative estimate of drug-likeness (QED) is 0.0554. The van der Waals surface area contributed by atoms with Gasteiger partial charge in [0.1, 0.15) is 0 Å². The molecule has 0 unspecified atom stereocenters. The first-order chi connectivity index (χ1) is 41.1. The number of aryl methyl sites for hydroxylation is 8. The predicted molar refractivity (Wildman–Crippen MR) is 354 cm³/mol. The van der Waals surface area contributed by atoms with E-state index in [4.69, 9.17) is 32.9 Å². The highest BCUT2D eigenvalue weighted by Gasteiger charge is 2.78. The normalized spacial score (nSPS) is 29.5. The molecule has 8 bridgehead atoms. The Hall–Kier alpha value is -4.82. The molecule has 0 aromatic heterocycles. The van der Waals surface area contributed by atoms with Gasteiger partial charge in [-0.15, -0.1) is 0 Å². The van der Waals surface area contributed by atoms with Gasteiger partial charge in [0.05, 0.1) is 0 Å². The van der Waals surface area contributed by atoms with E-state index >= 15 is 0 Å². The van der Waals surface area contributed by atoms with E-state index in [0.717, 1.165) is 99.7 Å². The fraction of sp³-hybridized carbons (Fsp3) is 0.294. The fourth-order valence-corrected chi connectivity index (χ4v) is 86.2. The third-order valence-electron chi connectivity index (χ3n) is 18.2. The van der Waals surface area contributed by atoms with Crippen LogP contribution in [0.5, 0.6) is 0 Å². The molecule has 6 aliphatic heterocycles. The van der Waals surface area contributed by atoms with E-state index in [1.54, 1.807) is 0 Å². The highest BCUT2D eigenvalue weighted by Crippen LogP contribution is 2.59. The van der Waals surface area contributed by atoms with Crippen molar-refractivity contribution in [3.63, 3.8) is 0 Å². The smallest absolute Gasteiger partial charge is 0.322 e. The first-order valence-electron chi connectivity index (χ1n) is 31.0. The van der Waals surface area contributed by atoms with Gasteiger partial charge in [-0.25, -0.2) is 0 Å². The second-order valence-electron chi connectivity index (χ2n) is 24.7. The molecular weight excluding hydrogens is 1170 g/mol. The Balaban J connectivity index is 1.08.